The second-order valence-electron chi connectivity index (χ2n) is 6.09. The highest BCUT2D eigenvalue weighted by Gasteiger charge is 2.45. The van der Waals surface area contributed by atoms with Crippen LogP contribution in [0.15, 0.2) is 24.3 Å². The Morgan fingerprint density at radius 2 is 2.05 bits per heavy atom. The van der Waals surface area contributed by atoms with Crippen molar-refractivity contribution in [1.82, 2.24) is 4.90 Å². The smallest absolute Gasteiger partial charge is 0.231 e. The molecule has 3 nitrogen and oxygen atoms in total. The Hall–Kier alpha value is -1.48. The summed E-state index contributed by atoms with van der Waals surface area (Å²) in [6, 6.07) is 5.20. The lowest BCUT2D eigenvalue weighted by atomic mass is 9.80. The van der Waals surface area contributed by atoms with Gasteiger partial charge in [-0.15, -0.1) is 0 Å². The average Bonchev–Trinajstić information content (AvgIpc) is 3.01. The normalized spacial score (nSPS) is 37.1. The molecular weight excluding hydrogens is 238 g/mol. The number of ether oxygens (including phenoxy) is 2. The maximum absolute atomic E-state index is 5.55. The van der Waals surface area contributed by atoms with Gasteiger partial charge in [0.2, 0.25) is 6.79 Å². The van der Waals surface area contributed by atoms with Gasteiger partial charge in [-0.25, -0.2) is 0 Å². The lowest BCUT2D eigenvalue weighted by molar-refractivity contribution is 0.173. The molecule has 19 heavy (non-hydrogen) atoms. The third-order valence-electron chi connectivity index (χ3n) is 5.20. The molecule has 4 aliphatic rings. The van der Waals surface area contributed by atoms with Gasteiger partial charge < -0.3 is 9.47 Å². The molecule has 1 unspecified atom stereocenters. The van der Waals surface area contributed by atoms with Gasteiger partial charge in [0.25, 0.3) is 0 Å². The van der Waals surface area contributed by atoms with Crippen molar-refractivity contribution >= 4 is 0 Å². The number of benzene rings is 1. The van der Waals surface area contributed by atoms with Crippen LogP contribution in [-0.2, 0) is 6.54 Å². The van der Waals surface area contributed by atoms with Crippen LogP contribution < -0.4 is 9.47 Å². The molecule has 1 saturated heterocycles. The van der Waals surface area contributed by atoms with Crippen molar-refractivity contribution in [3.63, 3.8) is 0 Å². The maximum atomic E-state index is 5.55. The monoisotopic (exact) mass is 255 g/mol. The SMILES string of the molecule is C1=C[C@H]2[C@H]3CN(Cc4cc5c(cc43)OCO5)[C@H]2CC1. The van der Waals surface area contributed by atoms with Crippen molar-refractivity contribution < 1.29 is 9.47 Å². The second kappa shape index (κ2) is 3.54. The van der Waals surface area contributed by atoms with E-state index in [9.17, 15) is 0 Å². The van der Waals surface area contributed by atoms with E-state index in [-0.39, 0.29) is 0 Å². The first kappa shape index (κ1) is 10.3. The molecule has 1 fully saturated rings. The van der Waals surface area contributed by atoms with Crippen LogP contribution >= 0.6 is 0 Å². The molecule has 0 amide bonds. The number of hydrogen-bond acceptors (Lipinski definition) is 3. The van der Waals surface area contributed by atoms with Gasteiger partial charge >= 0.3 is 0 Å². The van der Waals surface area contributed by atoms with Gasteiger partial charge in [0, 0.05) is 31.0 Å². The maximum Gasteiger partial charge on any atom is 0.231 e. The molecule has 0 spiro atoms. The molecule has 2 bridgehead atoms. The molecule has 3 heterocycles. The summed E-state index contributed by atoms with van der Waals surface area (Å²) >= 11 is 0. The van der Waals surface area contributed by atoms with Gasteiger partial charge in [-0.1, -0.05) is 12.2 Å². The lowest BCUT2D eigenvalue weighted by Crippen LogP contribution is -2.33. The molecule has 1 aromatic rings. The van der Waals surface area contributed by atoms with Gasteiger partial charge in [0.15, 0.2) is 11.5 Å². The zero-order valence-electron chi connectivity index (χ0n) is 10.8. The molecule has 1 aliphatic carbocycles. The van der Waals surface area contributed by atoms with Gasteiger partial charge in [-0.3, -0.25) is 4.90 Å². The van der Waals surface area contributed by atoms with Crippen LogP contribution in [-0.4, -0.2) is 24.3 Å². The van der Waals surface area contributed by atoms with Crippen LogP contribution in [0, 0.1) is 5.92 Å². The molecule has 3 aliphatic heterocycles. The fraction of sp³-hybridized carbons (Fsp3) is 0.500. The predicted molar refractivity (Wildman–Crippen MR) is 71.4 cm³/mol. The topological polar surface area (TPSA) is 21.7 Å². The molecular formula is C16H17NO2. The fourth-order valence-electron chi connectivity index (χ4n) is 4.37. The van der Waals surface area contributed by atoms with Crippen LogP contribution in [0.25, 0.3) is 0 Å². The molecule has 1 aromatic carbocycles. The van der Waals surface area contributed by atoms with E-state index in [1.54, 1.807) is 0 Å². The highest BCUT2D eigenvalue weighted by molar-refractivity contribution is 5.52. The Morgan fingerprint density at radius 3 is 3.00 bits per heavy atom. The third-order valence-corrected chi connectivity index (χ3v) is 5.20. The molecule has 4 atom stereocenters. The van der Waals surface area contributed by atoms with Gasteiger partial charge in [-0.05, 0) is 36.1 Å². The van der Waals surface area contributed by atoms with E-state index in [2.05, 4.69) is 29.2 Å². The van der Waals surface area contributed by atoms with E-state index in [0.29, 0.717) is 18.6 Å². The highest BCUT2D eigenvalue weighted by atomic mass is 16.7. The number of fused-ring (bicyclic) bond motifs is 8. The van der Waals surface area contributed by atoms with Gasteiger partial charge in [0.1, 0.15) is 0 Å². The molecule has 98 valence electrons. The van der Waals surface area contributed by atoms with E-state index < -0.39 is 0 Å². The quantitative estimate of drug-likeness (QED) is 0.665. The Labute approximate surface area is 112 Å². The Bertz CT molecular complexity index is 580. The van der Waals surface area contributed by atoms with Crippen molar-refractivity contribution in [2.24, 2.45) is 5.92 Å². The summed E-state index contributed by atoms with van der Waals surface area (Å²) in [4.78, 5) is 2.67. The zero-order chi connectivity index (χ0) is 12.4. The molecule has 0 aromatic heterocycles. The average molecular weight is 255 g/mol. The number of hydrogen-bond donors (Lipinski definition) is 0. The first-order chi connectivity index (χ1) is 9.40. The van der Waals surface area contributed by atoms with Crippen LogP contribution in [0.2, 0.25) is 0 Å². The van der Waals surface area contributed by atoms with Crippen LogP contribution in [0.4, 0.5) is 0 Å². The van der Waals surface area contributed by atoms with E-state index in [4.69, 9.17) is 9.47 Å². The Morgan fingerprint density at radius 1 is 1.16 bits per heavy atom. The molecule has 0 radical (unpaired) electrons. The van der Waals surface area contributed by atoms with Crippen molar-refractivity contribution in [2.75, 3.05) is 13.3 Å². The van der Waals surface area contributed by atoms with Crippen molar-refractivity contribution in [1.29, 1.82) is 0 Å². The summed E-state index contributed by atoms with van der Waals surface area (Å²) in [7, 11) is 0. The number of nitrogens with zero attached hydrogens (tertiary/aromatic N) is 1. The van der Waals surface area contributed by atoms with Crippen molar-refractivity contribution in [3.05, 3.63) is 35.4 Å². The van der Waals surface area contributed by atoms with Crippen LogP contribution in [0.1, 0.15) is 29.9 Å². The standard InChI is InChI=1S/C16H17NO2/c1-2-4-14-11(3-1)13-8-17(14)7-10-5-15-16(6-12(10)13)19-9-18-15/h1,3,5-6,11,13-14H,2,4,7-9H2/t11-,13+,14-/m0/s1. The molecule has 0 saturated carbocycles. The molecule has 5 rings (SSSR count). The number of allylic oxidation sites excluding steroid dienone is 1. The second-order valence-corrected chi connectivity index (χ2v) is 6.09. The van der Waals surface area contributed by atoms with Crippen LogP contribution in [0.5, 0.6) is 11.5 Å². The number of rotatable bonds is 0. The Balaban J connectivity index is 1.65. The summed E-state index contributed by atoms with van der Waals surface area (Å²) in [5.41, 5.74) is 2.95. The minimum Gasteiger partial charge on any atom is -0.454 e. The van der Waals surface area contributed by atoms with Crippen molar-refractivity contribution in [2.45, 2.75) is 31.3 Å². The van der Waals surface area contributed by atoms with E-state index >= 15 is 0 Å². The minimum atomic E-state index is 0.374. The summed E-state index contributed by atoms with van der Waals surface area (Å²) in [6.07, 6.45) is 7.38. The summed E-state index contributed by atoms with van der Waals surface area (Å²) in [5.74, 6) is 3.23. The lowest BCUT2D eigenvalue weighted by Gasteiger charge is -2.28. The van der Waals surface area contributed by atoms with Crippen LogP contribution in [0.3, 0.4) is 0 Å². The third kappa shape index (κ3) is 1.31. The van der Waals surface area contributed by atoms with E-state index in [0.717, 1.165) is 24.1 Å². The fourth-order valence-corrected chi connectivity index (χ4v) is 4.37. The predicted octanol–water partition coefficient (Wildman–Crippen LogP) is 2.66. The Kier molecular flexibility index (Phi) is 1.92. The van der Waals surface area contributed by atoms with E-state index in [1.807, 2.05) is 0 Å². The van der Waals surface area contributed by atoms with Crippen molar-refractivity contribution in [3.8, 4) is 11.5 Å². The summed E-state index contributed by atoms with van der Waals surface area (Å²) in [5, 5.41) is 0. The first-order valence-corrected chi connectivity index (χ1v) is 7.23. The van der Waals surface area contributed by atoms with E-state index in [1.165, 1.54) is 30.5 Å². The largest absolute Gasteiger partial charge is 0.454 e. The minimum absolute atomic E-state index is 0.374. The summed E-state index contributed by atoms with van der Waals surface area (Å²) < 4.78 is 11.1. The zero-order valence-corrected chi connectivity index (χ0v) is 10.8. The highest BCUT2D eigenvalue weighted by Crippen LogP contribution is 2.50. The van der Waals surface area contributed by atoms with Gasteiger partial charge in [-0.2, -0.15) is 0 Å². The first-order valence-electron chi connectivity index (χ1n) is 7.23. The molecule has 0 N–H and O–H groups in total. The summed E-state index contributed by atoms with van der Waals surface area (Å²) in [6.45, 7) is 2.67. The molecule has 3 heteroatoms. The van der Waals surface area contributed by atoms with Gasteiger partial charge in [0.05, 0.1) is 0 Å².